The van der Waals surface area contributed by atoms with Crippen LogP contribution in [-0.2, 0) is 0 Å². The molecule has 0 saturated carbocycles. The lowest BCUT2D eigenvalue weighted by Crippen LogP contribution is -2.20. The van der Waals surface area contributed by atoms with Gasteiger partial charge in [0.15, 0.2) is 0 Å². The van der Waals surface area contributed by atoms with E-state index in [4.69, 9.17) is 0 Å². The summed E-state index contributed by atoms with van der Waals surface area (Å²) < 4.78 is 13.0. The van der Waals surface area contributed by atoms with Crippen LogP contribution < -0.4 is 5.32 Å². The molecule has 0 aliphatic heterocycles. The van der Waals surface area contributed by atoms with Gasteiger partial charge in [0.05, 0.1) is 6.20 Å². The molecule has 0 radical (unpaired) electrons. The highest BCUT2D eigenvalue weighted by Crippen LogP contribution is 2.15. The van der Waals surface area contributed by atoms with E-state index in [-0.39, 0.29) is 11.9 Å². The van der Waals surface area contributed by atoms with Crippen LogP contribution in [0.4, 0.5) is 4.39 Å². The zero-order valence-electron chi connectivity index (χ0n) is 9.05. The molecule has 80 valence electrons. The molecule has 1 unspecified atom stereocenters. The summed E-state index contributed by atoms with van der Waals surface area (Å²) in [4.78, 5) is 3.83. The van der Waals surface area contributed by atoms with Crippen molar-refractivity contribution in [3.05, 3.63) is 29.8 Å². The first-order valence-corrected chi connectivity index (χ1v) is 5.01. The minimum absolute atomic E-state index is 0.0608. The highest BCUT2D eigenvalue weighted by Gasteiger charge is 2.09. The van der Waals surface area contributed by atoms with E-state index < -0.39 is 0 Å². The highest BCUT2D eigenvalue weighted by molar-refractivity contribution is 5.17. The van der Waals surface area contributed by atoms with Crippen molar-refractivity contribution in [2.24, 2.45) is 0 Å². The Morgan fingerprint density at radius 2 is 2.33 bits per heavy atom. The van der Waals surface area contributed by atoms with Gasteiger partial charge in [-0.3, -0.25) is 4.98 Å². The molecule has 1 aromatic heterocycles. The van der Waals surface area contributed by atoms with Gasteiger partial charge in [0.1, 0.15) is 5.82 Å². The Morgan fingerprint density at radius 3 is 2.93 bits per heavy atom. The third-order valence-electron chi connectivity index (χ3n) is 2.06. The molecule has 0 spiro atoms. The first kappa shape index (κ1) is 11.7. The van der Waals surface area contributed by atoms with E-state index in [0.29, 0.717) is 6.42 Å². The number of hydrogen-bond acceptors (Lipinski definition) is 2. The smallest absolute Gasteiger partial charge is 0.141 e. The molecule has 1 heterocycles. The minimum Gasteiger partial charge on any atom is -0.309 e. The predicted molar refractivity (Wildman–Crippen MR) is 58.7 cm³/mol. The van der Waals surface area contributed by atoms with E-state index in [1.807, 2.05) is 6.92 Å². The molecule has 0 saturated heterocycles. The lowest BCUT2D eigenvalue weighted by molar-refractivity contribution is 0.552. The van der Waals surface area contributed by atoms with E-state index in [2.05, 4.69) is 22.1 Å². The van der Waals surface area contributed by atoms with Crippen molar-refractivity contribution in [2.75, 3.05) is 6.54 Å². The highest BCUT2D eigenvalue weighted by atomic mass is 19.1. The second kappa shape index (κ2) is 6.15. The number of rotatable bonds is 4. The van der Waals surface area contributed by atoms with Gasteiger partial charge in [-0.1, -0.05) is 6.92 Å². The van der Waals surface area contributed by atoms with Crippen molar-refractivity contribution in [2.45, 2.75) is 26.3 Å². The third kappa shape index (κ3) is 3.69. The Morgan fingerprint density at radius 1 is 1.53 bits per heavy atom. The number of aromatic nitrogens is 1. The molecule has 0 amide bonds. The summed E-state index contributed by atoms with van der Waals surface area (Å²) in [7, 11) is 0. The zero-order chi connectivity index (χ0) is 11.1. The van der Waals surface area contributed by atoms with Crippen LogP contribution in [0.3, 0.4) is 0 Å². The summed E-state index contributed by atoms with van der Waals surface area (Å²) in [5.74, 6) is 5.52. The topological polar surface area (TPSA) is 24.9 Å². The van der Waals surface area contributed by atoms with Gasteiger partial charge in [0.2, 0.25) is 0 Å². The van der Waals surface area contributed by atoms with E-state index in [0.717, 1.165) is 12.1 Å². The van der Waals surface area contributed by atoms with E-state index in [1.54, 1.807) is 13.1 Å². The standard InChI is InChI=1S/C12H15FN2/c1-3-5-6-12(15-4-2)10-7-11(13)9-14-8-10/h7-9,12,15H,4,6H2,1-2H3. The maximum atomic E-state index is 13.0. The van der Waals surface area contributed by atoms with Crippen LogP contribution in [0.2, 0.25) is 0 Å². The second-order valence-corrected chi connectivity index (χ2v) is 3.18. The van der Waals surface area contributed by atoms with Crippen LogP contribution in [0.1, 0.15) is 31.9 Å². The molecule has 1 aromatic rings. The maximum absolute atomic E-state index is 13.0. The first-order valence-electron chi connectivity index (χ1n) is 5.01. The molecule has 1 rings (SSSR count). The van der Waals surface area contributed by atoms with Gasteiger partial charge in [-0.05, 0) is 25.1 Å². The van der Waals surface area contributed by atoms with Gasteiger partial charge in [-0.25, -0.2) is 4.39 Å². The van der Waals surface area contributed by atoms with Gasteiger partial charge in [0, 0.05) is 18.7 Å². The fourth-order valence-corrected chi connectivity index (χ4v) is 1.38. The molecule has 15 heavy (non-hydrogen) atoms. The Labute approximate surface area is 89.9 Å². The maximum Gasteiger partial charge on any atom is 0.141 e. The van der Waals surface area contributed by atoms with Crippen LogP contribution in [-0.4, -0.2) is 11.5 Å². The van der Waals surface area contributed by atoms with Crippen molar-refractivity contribution in [1.29, 1.82) is 0 Å². The molecular formula is C12H15FN2. The quantitative estimate of drug-likeness (QED) is 0.764. The Balaban J connectivity index is 2.81. The fraction of sp³-hybridized carbons (Fsp3) is 0.417. The molecule has 0 aromatic carbocycles. The summed E-state index contributed by atoms with van der Waals surface area (Å²) in [5, 5.41) is 3.25. The van der Waals surface area contributed by atoms with Crippen molar-refractivity contribution in [1.82, 2.24) is 10.3 Å². The molecule has 1 N–H and O–H groups in total. The van der Waals surface area contributed by atoms with Crippen molar-refractivity contribution >= 4 is 0 Å². The van der Waals surface area contributed by atoms with Gasteiger partial charge in [-0.2, -0.15) is 0 Å². The monoisotopic (exact) mass is 206 g/mol. The lowest BCUT2D eigenvalue weighted by atomic mass is 10.1. The molecule has 3 heteroatoms. The Bertz CT molecular complexity index is 365. The Kier molecular flexibility index (Phi) is 4.79. The van der Waals surface area contributed by atoms with Crippen LogP contribution in [0.15, 0.2) is 18.5 Å². The SMILES string of the molecule is CC#CCC(NCC)c1cncc(F)c1. The number of nitrogens with one attached hydrogen (secondary N) is 1. The number of nitrogens with zero attached hydrogens (tertiary/aromatic N) is 1. The third-order valence-corrected chi connectivity index (χ3v) is 2.06. The second-order valence-electron chi connectivity index (χ2n) is 3.18. The Hall–Kier alpha value is -1.40. The van der Waals surface area contributed by atoms with E-state index in [9.17, 15) is 4.39 Å². The van der Waals surface area contributed by atoms with Gasteiger partial charge in [0.25, 0.3) is 0 Å². The van der Waals surface area contributed by atoms with E-state index >= 15 is 0 Å². The molecule has 0 aliphatic carbocycles. The largest absolute Gasteiger partial charge is 0.309 e. The normalized spacial score (nSPS) is 11.7. The van der Waals surface area contributed by atoms with Crippen LogP contribution >= 0.6 is 0 Å². The predicted octanol–water partition coefficient (Wildman–Crippen LogP) is 2.28. The summed E-state index contributed by atoms with van der Waals surface area (Å²) in [6.07, 6.45) is 3.56. The number of halogens is 1. The summed E-state index contributed by atoms with van der Waals surface area (Å²) >= 11 is 0. The molecule has 0 fully saturated rings. The fourth-order valence-electron chi connectivity index (χ4n) is 1.38. The lowest BCUT2D eigenvalue weighted by Gasteiger charge is -2.14. The zero-order valence-corrected chi connectivity index (χ0v) is 9.05. The average Bonchev–Trinajstić information content (AvgIpc) is 2.24. The van der Waals surface area contributed by atoms with Gasteiger partial charge >= 0.3 is 0 Å². The molecule has 1 atom stereocenters. The van der Waals surface area contributed by atoms with Crippen molar-refractivity contribution < 1.29 is 4.39 Å². The summed E-state index contributed by atoms with van der Waals surface area (Å²) in [6, 6.07) is 1.56. The van der Waals surface area contributed by atoms with E-state index in [1.165, 1.54) is 12.3 Å². The van der Waals surface area contributed by atoms with Crippen LogP contribution in [0.5, 0.6) is 0 Å². The van der Waals surface area contributed by atoms with Crippen LogP contribution in [0.25, 0.3) is 0 Å². The van der Waals surface area contributed by atoms with Crippen LogP contribution in [0, 0.1) is 17.7 Å². The van der Waals surface area contributed by atoms with Crippen molar-refractivity contribution in [3.8, 4) is 11.8 Å². The van der Waals surface area contributed by atoms with Crippen molar-refractivity contribution in [3.63, 3.8) is 0 Å². The number of pyridine rings is 1. The molecular weight excluding hydrogens is 191 g/mol. The molecule has 0 aliphatic rings. The van der Waals surface area contributed by atoms with Gasteiger partial charge < -0.3 is 5.32 Å². The average molecular weight is 206 g/mol. The molecule has 2 nitrogen and oxygen atoms in total. The first-order chi connectivity index (χ1) is 7.27. The summed E-state index contributed by atoms with van der Waals surface area (Å²) in [5.41, 5.74) is 0.847. The summed E-state index contributed by atoms with van der Waals surface area (Å²) in [6.45, 7) is 4.64. The number of hydrogen-bond donors (Lipinski definition) is 1. The van der Waals surface area contributed by atoms with Gasteiger partial charge in [-0.15, -0.1) is 11.8 Å². The molecule has 0 bridgehead atoms. The minimum atomic E-state index is -0.306.